The molecule has 0 aromatic rings. The zero-order valence-electron chi connectivity index (χ0n) is 6.89. The summed E-state index contributed by atoms with van der Waals surface area (Å²) in [6.07, 6.45) is 4.25. The Morgan fingerprint density at radius 2 is 1.91 bits per heavy atom. The van der Waals surface area contributed by atoms with Crippen molar-refractivity contribution in [2.24, 2.45) is 5.41 Å². The van der Waals surface area contributed by atoms with Crippen molar-refractivity contribution in [3.05, 3.63) is 12.2 Å². The molecule has 62 valence electrons. The van der Waals surface area contributed by atoms with E-state index in [2.05, 4.69) is 6.58 Å². The van der Waals surface area contributed by atoms with Gasteiger partial charge in [0.1, 0.15) is 0 Å². The van der Waals surface area contributed by atoms with Crippen LogP contribution in [-0.2, 0) is 4.79 Å². The summed E-state index contributed by atoms with van der Waals surface area (Å²) >= 11 is 0. The first-order valence-corrected chi connectivity index (χ1v) is 3.99. The Morgan fingerprint density at radius 1 is 1.45 bits per heavy atom. The molecule has 0 amide bonds. The van der Waals surface area contributed by atoms with Gasteiger partial charge in [-0.25, -0.2) is 4.79 Å². The van der Waals surface area contributed by atoms with Crippen LogP contribution in [0.4, 0.5) is 0 Å². The van der Waals surface area contributed by atoms with Crippen molar-refractivity contribution in [2.75, 3.05) is 0 Å². The minimum absolute atomic E-state index is 0.119. The van der Waals surface area contributed by atoms with Crippen molar-refractivity contribution in [3.8, 4) is 0 Å². The molecular weight excluding hydrogens is 140 g/mol. The Balaban J connectivity index is 2.71. The zero-order valence-corrected chi connectivity index (χ0v) is 6.89. The van der Waals surface area contributed by atoms with Gasteiger partial charge in [0.05, 0.1) is 0 Å². The average molecular weight is 154 g/mol. The van der Waals surface area contributed by atoms with Gasteiger partial charge < -0.3 is 5.11 Å². The maximum absolute atomic E-state index is 10.6. The third kappa shape index (κ3) is 1.44. The van der Waals surface area contributed by atoms with E-state index in [0.717, 1.165) is 25.7 Å². The second kappa shape index (κ2) is 2.68. The number of carbonyl (C=O) groups is 1. The molecule has 11 heavy (non-hydrogen) atoms. The van der Waals surface area contributed by atoms with Gasteiger partial charge in [-0.2, -0.15) is 0 Å². The van der Waals surface area contributed by atoms with Gasteiger partial charge in [0.25, 0.3) is 0 Å². The van der Waals surface area contributed by atoms with Gasteiger partial charge in [0.15, 0.2) is 0 Å². The Labute approximate surface area is 66.9 Å². The fourth-order valence-corrected chi connectivity index (χ4v) is 1.72. The Bertz CT molecular complexity index is 188. The lowest BCUT2D eigenvalue weighted by molar-refractivity contribution is -0.133. The maximum Gasteiger partial charge on any atom is 0.331 e. The Morgan fingerprint density at radius 3 is 2.27 bits per heavy atom. The molecule has 1 aliphatic carbocycles. The Kier molecular flexibility index (Phi) is 2.03. The predicted octanol–water partition coefficient (Wildman–Crippen LogP) is 2.21. The fourth-order valence-electron chi connectivity index (χ4n) is 1.72. The van der Waals surface area contributed by atoms with Crippen molar-refractivity contribution >= 4 is 5.97 Å². The first-order chi connectivity index (χ1) is 5.06. The zero-order chi connectivity index (χ0) is 8.48. The summed E-state index contributed by atoms with van der Waals surface area (Å²) in [6, 6.07) is 0. The molecule has 0 bridgehead atoms. The number of hydrogen-bond donors (Lipinski definition) is 1. The predicted molar refractivity (Wildman–Crippen MR) is 43.4 cm³/mol. The summed E-state index contributed by atoms with van der Waals surface area (Å²) in [6.45, 7) is 5.60. The van der Waals surface area contributed by atoms with Crippen LogP contribution in [0.15, 0.2) is 12.2 Å². The summed E-state index contributed by atoms with van der Waals surface area (Å²) in [4.78, 5) is 10.6. The molecule has 1 saturated carbocycles. The first-order valence-electron chi connectivity index (χ1n) is 3.99. The van der Waals surface area contributed by atoms with Crippen LogP contribution in [0.3, 0.4) is 0 Å². The minimum Gasteiger partial charge on any atom is -0.478 e. The summed E-state index contributed by atoms with van der Waals surface area (Å²) < 4.78 is 0. The smallest absolute Gasteiger partial charge is 0.331 e. The highest BCUT2D eigenvalue weighted by atomic mass is 16.4. The Hall–Kier alpha value is -0.790. The molecule has 2 heteroatoms. The molecule has 1 fully saturated rings. The SMILES string of the molecule is C=C(C(=O)O)C1(C)CCCC1. The molecule has 0 unspecified atom stereocenters. The van der Waals surface area contributed by atoms with Crippen LogP contribution in [0.2, 0.25) is 0 Å². The van der Waals surface area contributed by atoms with Gasteiger partial charge in [-0.05, 0) is 18.3 Å². The van der Waals surface area contributed by atoms with E-state index < -0.39 is 5.97 Å². The van der Waals surface area contributed by atoms with E-state index in [1.54, 1.807) is 0 Å². The van der Waals surface area contributed by atoms with E-state index in [4.69, 9.17) is 5.11 Å². The topological polar surface area (TPSA) is 37.3 Å². The summed E-state index contributed by atoms with van der Waals surface area (Å²) in [5, 5.41) is 8.71. The van der Waals surface area contributed by atoms with Crippen LogP contribution < -0.4 is 0 Å². The summed E-state index contributed by atoms with van der Waals surface area (Å²) in [5.41, 5.74) is 0.265. The number of aliphatic carboxylic acids is 1. The van der Waals surface area contributed by atoms with Crippen molar-refractivity contribution in [2.45, 2.75) is 32.6 Å². The van der Waals surface area contributed by atoms with Crippen LogP contribution in [0.5, 0.6) is 0 Å². The standard InChI is InChI=1S/C9H14O2/c1-7(8(10)11)9(2)5-3-4-6-9/h1,3-6H2,2H3,(H,10,11). The third-order valence-electron chi connectivity index (χ3n) is 2.69. The molecule has 0 radical (unpaired) electrons. The normalized spacial score (nSPS) is 21.5. The highest BCUT2D eigenvalue weighted by Gasteiger charge is 2.34. The van der Waals surface area contributed by atoms with Crippen molar-refractivity contribution in [1.29, 1.82) is 0 Å². The lowest BCUT2D eigenvalue weighted by Crippen LogP contribution is -2.19. The molecule has 0 aromatic carbocycles. The van der Waals surface area contributed by atoms with Crippen molar-refractivity contribution in [3.63, 3.8) is 0 Å². The van der Waals surface area contributed by atoms with E-state index in [1.807, 2.05) is 6.92 Å². The molecule has 2 nitrogen and oxygen atoms in total. The van der Waals surface area contributed by atoms with E-state index >= 15 is 0 Å². The quantitative estimate of drug-likeness (QED) is 0.619. The average Bonchev–Trinajstić information content (AvgIpc) is 2.35. The number of rotatable bonds is 2. The molecule has 1 aliphatic rings. The van der Waals surface area contributed by atoms with Crippen molar-refractivity contribution < 1.29 is 9.90 Å². The molecular formula is C9H14O2. The summed E-state index contributed by atoms with van der Waals surface area (Å²) in [7, 11) is 0. The van der Waals surface area contributed by atoms with Gasteiger partial charge in [-0.15, -0.1) is 0 Å². The van der Waals surface area contributed by atoms with Crippen LogP contribution >= 0.6 is 0 Å². The monoisotopic (exact) mass is 154 g/mol. The molecule has 0 aromatic heterocycles. The van der Waals surface area contributed by atoms with Crippen LogP contribution in [0.1, 0.15) is 32.6 Å². The molecule has 1 rings (SSSR count). The second-order valence-electron chi connectivity index (χ2n) is 3.55. The number of hydrogen-bond acceptors (Lipinski definition) is 1. The third-order valence-corrected chi connectivity index (χ3v) is 2.69. The second-order valence-corrected chi connectivity index (χ2v) is 3.55. The molecule has 0 heterocycles. The van der Waals surface area contributed by atoms with Gasteiger partial charge >= 0.3 is 5.97 Å². The molecule has 0 saturated heterocycles. The van der Waals surface area contributed by atoms with Crippen molar-refractivity contribution in [1.82, 2.24) is 0 Å². The van der Waals surface area contributed by atoms with Crippen LogP contribution in [0, 0.1) is 5.41 Å². The van der Waals surface area contributed by atoms with E-state index in [-0.39, 0.29) is 5.41 Å². The van der Waals surface area contributed by atoms with E-state index in [0.29, 0.717) is 5.57 Å². The van der Waals surface area contributed by atoms with Gasteiger partial charge in [0, 0.05) is 5.57 Å². The number of carboxylic acid groups (broad SMARTS) is 1. The largest absolute Gasteiger partial charge is 0.478 e. The molecule has 0 atom stereocenters. The highest BCUT2D eigenvalue weighted by Crippen LogP contribution is 2.42. The van der Waals surface area contributed by atoms with Gasteiger partial charge in [0.2, 0.25) is 0 Å². The van der Waals surface area contributed by atoms with Crippen LogP contribution in [-0.4, -0.2) is 11.1 Å². The minimum atomic E-state index is -0.839. The maximum atomic E-state index is 10.6. The first kappa shape index (κ1) is 8.31. The van der Waals surface area contributed by atoms with E-state index in [9.17, 15) is 4.79 Å². The van der Waals surface area contributed by atoms with Gasteiger partial charge in [-0.1, -0.05) is 26.3 Å². The lowest BCUT2D eigenvalue weighted by Gasteiger charge is -2.22. The van der Waals surface area contributed by atoms with Gasteiger partial charge in [-0.3, -0.25) is 0 Å². The summed E-state index contributed by atoms with van der Waals surface area (Å²) in [5.74, 6) is -0.839. The fraction of sp³-hybridized carbons (Fsp3) is 0.667. The lowest BCUT2D eigenvalue weighted by atomic mass is 9.81. The van der Waals surface area contributed by atoms with E-state index in [1.165, 1.54) is 0 Å². The molecule has 1 N–H and O–H groups in total. The molecule has 0 aliphatic heterocycles. The highest BCUT2D eigenvalue weighted by molar-refractivity contribution is 5.87. The number of carboxylic acids is 1. The van der Waals surface area contributed by atoms with Crippen LogP contribution in [0.25, 0.3) is 0 Å². The molecule has 0 spiro atoms.